The summed E-state index contributed by atoms with van der Waals surface area (Å²) in [5, 5.41) is 0.681. The summed E-state index contributed by atoms with van der Waals surface area (Å²) in [7, 11) is 7.28. The Balaban J connectivity index is 1.99. The molecule has 29 heavy (non-hydrogen) atoms. The number of carbonyl (C=O) groups is 1. The zero-order valence-electron chi connectivity index (χ0n) is 17.6. The van der Waals surface area contributed by atoms with Gasteiger partial charge in [-0.15, -0.1) is 0 Å². The molecule has 1 amide bonds. The molecule has 1 aromatic heterocycles. The minimum Gasteiger partial charge on any atom is -0.493 e. The summed E-state index contributed by atoms with van der Waals surface area (Å²) >= 11 is 1.48. The number of aryl methyl sites for hydroxylation is 1. The van der Waals surface area contributed by atoms with Gasteiger partial charge in [0, 0.05) is 24.2 Å². The maximum Gasteiger partial charge on any atom is 0.260 e. The molecule has 0 saturated heterocycles. The van der Waals surface area contributed by atoms with Gasteiger partial charge in [-0.25, -0.2) is 4.98 Å². The predicted molar refractivity (Wildman–Crippen MR) is 119 cm³/mol. The number of hydrogen-bond donors (Lipinski definition) is 0. The molecule has 1 heterocycles. The zero-order valence-corrected chi connectivity index (χ0v) is 18.4. The van der Waals surface area contributed by atoms with Crippen molar-refractivity contribution in [1.29, 1.82) is 0 Å². The van der Waals surface area contributed by atoms with Crippen molar-refractivity contribution in [3.63, 3.8) is 0 Å². The summed E-state index contributed by atoms with van der Waals surface area (Å²) in [6, 6.07) is 11.4. The standard InChI is InChI=1S/C22H27N3O3S/c1-15-8-6-9-16(12-15)21(26)25(11-7-10-24(2)3)22-23-17-13-18(27-4)19(28-5)14-20(17)29-22/h6,8-9,12-14H,7,10-11H2,1-5H3. The predicted octanol–water partition coefficient (Wildman–Crippen LogP) is 4.22. The van der Waals surface area contributed by atoms with E-state index in [0.29, 0.717) is 28.7 Å². The Bertz CT molecular complexity index is 959. The molecule has 2 aromatic carbocycles. The van der Waals surface area contributed by atoms with Gasteiger partial charge < -0.3 is 14.4 Å². The van der Waals surface area contributed by atoms with Crippen molar-refractivity contribution in [1.82, 2.24) is 9.88 Å². The van der Waals surface area contributed by atoms with E-state index >= 15 is 0 Å². The highest BCUT2D eigenvalue weighted by Gasteiger charge is 2.22. The molecule has 0 aliphatic heterocycles. The van der Waals surface area contributed by atoms with Gasteiger partial charge in [-0.1, -0.05) is 29.0 Å². The minimum absolute atomic E-state index is 0.0366. The normalized spacial score (nSPS) is 11.1. The summed E-state index contributed by atoms with van der Waals surface area (Å²) in [6.07, 6.45) is 0.854. The number of nitrogens with zero attached hydrogens (tertiary/aromatic N) is 3. The number of anilines is 1. The Labute approximate surface area is 175 Å². The molecule has 0 N–H and O–H groups in total. The largest absolute Gasteiger partial charge is 0.493 e. The Morgan fingerprint density at radius 1 is 1.07 bits per heavy atom. The molecule has 0 spiro atoms. The van der Waals surface area contributed by atoms with Gasteiger partial charge in [0.25, 0.3) is 5.91 Å². The number of fused-ring (bicyclic) bond motifs is 1. The van der Waals surface area contributed by atoms with Crippen molar-refractivity contribution < 1.29 is 14.3 Å². The summed E-state index contributed by atoms with van der Waals surface area (Å²) in [4.78, 5) is 22.0. The second kappa shape index (κ2) is 9.24. The van der Waals surface area contributed by atoms with Gasteiger partial charge in [0.1, 0.15) is 0 Å². The molecular formula is C22H27N3O3S. The van der Waals surface area contributed by atoms with Crippen molar-refractivity contribution in [2.45, 2.75) is 13.3 Å². The van der Waals surface area contributed by atoms with E-state index in [1.165, 1.54) is 11.3 Å². The van der Waals surface area contributed by atoms with Crippen LogP contribution in [0.25, 0.3) is 10.2 Å². The molecule has 0 unspecified atom stereocenters. The number of thiazole rings is 1. The van der Waals surface area contributed by atoms with E-state index in [9.17, 15) is 4.79 Å². The summed E-state index contributed by atoms with van der Waals surface area (Å²) < 4.78 is 11.7. The third-order valence-corrected chi connectivity index (χ3v) is 5.65. The van der Waals surface area contributed by atoms with Gasteiger partial charge in [0.05, 0.1) is 24.4 Å². The van der Waals surface area contributed by atoms with Gasteiger partial charge in [-0.3, -0.25) is 9.69 Å². The van der Waals surface area contributed by atoms with Gasteiger partial charge in [0.15, 0.2) is 16.6 Å². The lowest BCUT2D eigenvalue weighted by Gasteiger charge is -2.21. The second-order valence-electron chi connectivity index (χ2n) is 7.15. The van der Waals surface area contributed by atoms with E-state index in [1.54, 1.807) is 19.1 Å². The van der Waals surface area contributed by atoms with Crippen LogP contribution in [0, 0.1) is 6.92 Å². The third-order valence-electron chi connectivity index (χ3n) is 4.61. The van der Waals surface area contributed by atoms with Crippen molar-refractivity contribution in [3.8, 4) is 11.5 Å². The molecule has 7 heteroatoms. The van der Waals surface area contributed by atoms with Crippen LogP contribution >= 0.6 is 11.3 Å². The zero-order chi connectivity index (χ0) is 21.0. The molecule has 0 saturated carbocycles. The van der Waals surface area contributed by atoms with E-state index in [4.69, 9.17) is 14.5 Å². The third kappa shape index (κ3) is 4.86. The van der Waals surface area contributed by atoms with Gasteiger partial charge >= 0.3 is 0 Å². The van der Waals surface area contributed by atoms with Gasteiger partial charge in [-0.05, 0) is 46.1 Å². The minimum atomic E-state index is -0.0366. The van der Waals surface area contributed by atoms with Crippen LogP contribution in [-0.2, 0) is 0 Å². The summed E-state index contributed by atoms with van der Waals surface area (Å²) in [6.45, 7) is 3.48. The number of ether oxygens (including phenoxy) is 2. The van der Waals surface area contributed by atoms with Crippen LogP contribution in [0.1, 0.15) is 22.3 Å². The van der Waals surface area contributed by atoms with Crippen LogP contribution in [0.2, 0.25) is 0 Å². The number of hydrogen-bond acceptors (Lipinski definition) is 6. The van der Waals surface area contributed by atoms with Crippen LogP contribution in [0.3, 0.4) is 0 Å². The van der Waals surface area contributed by atoms with E-state index in [-0.39, 0.29) is 5.91 Å². The maximum absolute atomic E-state index is 13.3. The fourth-order valence-corrected chi connectivity index (χ4v) is 4.12. The monoisotopic (exact) mass is 413 g/mol. The number of carbonyl (C=O) groups excluding carboxylic acids is 1. The SMILES string of the molecule is COc1cc2nc(N(CCCN(C)C)C(=O)c3cccc(C)c3)sc2cc1OC. The van der Waals surface area contributed by atoms with E-state index in [2.05, 4.69) is 4.90 Å². The number of methoxy groups -OCH3 is 2. The van der Waals surface area contributed by atoms with Crippen molar-refractivity contribution in [2.75, 3.05) is 46.3 Å². The number of benzene rings is 2. The highest BCUT2D eigenvalue weighted by Crippen LogP contribution is 2.37. The van der Waals surface area contributed by atoms with E-state index in [0.717, 1.165) is 28.7 Å². The van der Waals surface area contributed by atoms with Crippen LogP contribution in [0.15, 0.2) is 36.4 Å². The fraction of sp³-hybridized carbons (Fsp3) is 0.364. The number of aromatic nitrogens is 1. The lowest BCUT2D eigenvalue weighted by Crippen LogP contribution is -2.33. The Kier molecular flexibility index (Phi) is 6.71. The fourth-order valence-electron chi connectivity index (χ4n) is 3.12. The molecule has 0 bridgehead atoms. The van der Waals surface area contributed by atoms with Crippen molar-refractivity contribution >= 4 is 32.6 Å². The van der Waals surface area contributed by atoms with E-state index in [1.807, 2.05) is 57.4 Å². The van der Waals surface area contributed by atoms with Crippen LogP contribution in [0.5, 0.6) is 11.5 Å². The van der Waals surface area contributed by atoms with Gasteiger partial charge in [-0.2, -0.15) is 0 Å². The number of rotatable bonds is 8. The summed E-state index contributed by atoms with van der Waals surface area (Å²) in [5.74, 6) is 1.24. The van der Waals surface area contributed by atoms with Crippen molar-refractivity contribution in [2.24, 2.45) is 0 Å². The van der Waals surface area contributed by atoms with Crippen LogP contribution in [-0.4, -0.2) is 57.2 Å². The topological polar surface area (TPSA) is 54.9 Å². The van der Waals surface area contributed by atoms with Crippen LogP contribution < -0.4 is 14.4 Å². The average Bonchev–Trinajstić information content (AvgIpc) is 3.11. The Hall–Kier alpha value is -2.64. The first-order chi connectivity index (χ1) is 13.9. The molecule has 154 valence electrons. The average molecular weight is 414 g/mol. The molecule has 3 aromatic rings. The Morgan fingerprint density at radius 3 is 2.45 bits per heavy atom. The Morgan fingerprint density at radius 2 is 1.79 bits per heavy atom. The quantitative estimate of drug-likeness (QED) is 0.553. The maximum atomic E-state index is 13.3. The van der Waals surface area contributed by atoms with E-state index < -0.39 is 0 Å². The lowest BCUT2D eigenvalue weighted by molar-refractivity contribution is 0.0986. The molecule has 0 radical (unpaired) electrons. The first-order valence-electron chi connectivity index (χ1n) is 9.48. The highest BCUT2D eigenvalue weighted by atomic mass is 32.1. The van der Waals surface area contributed by atoms with Crippen molar-refractivity contribution in [3.05, 3.63) is 47.5 Å². The highest BCUT2D eigenvalue weighted by molar-refractivity contribution is 7.22. The van der Waals surface area contributed by atoms with Crippen LogP contribution in [0.4, 0.5) is 5.13 Å². The molecule has 3 rings (SSSR count). The first kappa shape index (κ1) is 21.1. The second-order valence-corrected chi connectivity index (χ2v) is 8.16. The molecular weight excluding hydrogens is 386 g/mol. The summed E-state index contributed by atoms with van der Waals surface area (Å²) in [5.41, 5.74) is 2.52. The first-order valence-corrected chi connectivity index (χ1v) is 10.3. The lowest BCUT2D eigenvalue weighted by atomic mass is 10.1. The number of amides is 1. The van der Waals surface area contributed by atoms with Gasteiger partial charge in [0.2, 0.25) is 0 Å². The smallest absolute Gasteiger partial charge is 0.260 e. The molecule has 0 aliphatic carbocycles. The molecule has 6 nitrogen and oxygen atoms in total. The molecule has 0 aliphatic rings. The molecule has 0 fully saturated rings. The molecule has 0 atom stereocenters.